The lowest BCUT2D eigenvalue weighted by Gasteiger charge is -2.11. The molecule has 1 aliphatic rings. The van der Waals surface area contributed by atoms with Crippen molar-refractivity contribution in [3.8, 4) is 0 Å². The number of nitrogens with zero attached hydrogens (tertiary/aromatic N) is 1. The maximum absolute atomic E-state index is 12.6. The first-order chi connectivity index (χ1) is 8.36. The molecule has 98 valence electrons. The van der Waals surface area contributed by atoms with E-state index in [4.69, 9.17) is 11.6 Å². The molecule has 18 heavy (non-hydrogen) atoms. The van der Waals surface area contributed by atoms with Gasteiger partial charge in [0.2, 0.25) is 0 Å². The van der Waals surface area contributed by atoms with Crippen LogP contribution in [-0.2, 0) is 6.18 Å². The number of rotatable bonds is 1. The SMILES string of the molecule is CC1CSC(Nc2cc(C(F)(F)F)ccc2Cl)=N1. The molecule has 1 unspecified atom stereocenters. The molecule has 0 saturated carbocycles. The van der Waals surface area contributed by atoms with Gasteiger partial charge in [0.25, 0.3) is 0 Å². The Morgan fingerprint density at radius 3 is 2.72 bits per heavy atom. The lowest BCUT2D eigenvalue weighted by Crippen LogP contribution is -2.09. The molecule has 0 radical (unpaired) electrons. The maximum Gasteiger partial charge on any atom is 0.416 e. The normalized spacial score (nSPS) is 19.8. The summed E-state index contributed by atoms with van der Waals surface area (Å²) < 4.78 is 37.7. The third-order valence-electron chi connectivity index (χ3n) is 2.33. The average molecular weight is 295 g/mol. The molecular formula is C11H10ClF3N2S. The van der Waals surface area contributed by atoms with E-state index in [1.165, 1.54) is 17.8 Å². The van der Waals surface area contributed by atoms with E-state index in [2.05, 4.69) is 10.3 Å². The fourth-order valence-electron chi connectivity index (χ4n) is 1.46. The van der Waals surface area contributed by atoms with Gasteiger partial charge >= 0.3 is 6.18 Å². The predicted molar refractivity (Wildman–Crippen MR) is 69.4 cm³/mol. The molecule has 1 aromatic carbocycles. The molecule has 2 nitrogen and oxygen atoms in total. The summed E-state index contributed by atoms with van der Waals surface area (Å²) in [6.07, 6.45) is -4.38. The van der Waals surface area contributed by atoms with Crippen molar-refractivity contribution in [3.63, 3.8) is 0 Å². The van der Waals surface area contributed by atoms with Crippen molar-refractivity contribution in [2.45, 2.75) is 19.1 Å². The number of benzene rings is 1. The minimum absolute atomic E-state index is 0.169. The van der Waals surface area contributed by atoms with Crippen molar-refractivity contribution in [2.24, 2.45) is 4.99 Å². The third kappa shape index (κ3) is 3.11. The number of anilines is 1. The molecule has 1 aromatic rings. The van der Waals surface area contributed by atoms with Crippen LogP contribution in [-0.4, -0.2) is 17.0 Å². The average Bonchev–Trinajstić information content (AvgIpc) is 2.66. The minimum Gasteiger partial charge on any atom is -0.334 e. The number of thioether (sulfide) groups is 1. The van der Waals surface area contributed by atoms with E-state index < -0.39 is 11.7 Å². The monoisotopic (exact) mass is 294 g/mol. The van der Waals surface area contributed by atoms with Crippen molar-refractivity contribution in [2.75, 3.05) is 11.1 Å². The van der Waals surface area contributed by atoms with Crippen LogP contribution < -0.4 is 5.32 Å². The number of aliphatic imine (C=N–C) groups is 1. The second kappa shape index (κ2) is 5.01. The molecular weight excluding hydrogens is 285 g/mol. The molecule has 1 aliphatic heterocycles. The van der Waals surface area contributed by atoms with Crippen LogP contribution in [0.3, 0.4) is 0 Å². The van der Waals surface area contributed by atoms with Gasteiger partial charge < -0.3 is 5.32 Å². The van der Waals surface area contributed by atoms with Crippen molar-refractivity contribution in [1.29, 1.82) is 0 Å². The van der Waals surface area contributed by atoms with Crippen LogP contribution in [0.4, 0.5) is 18.9 Å². The molecule has 0 fully saturated rings. The van der Waals surface area contributed by atoms with Gasteiger partial charge in [0.1, 0.15) is 0 Å². The Balaban J connectivity index is 2.25. The van der Waals surface area contributed by atoms with Gasteiger partial charge in [0.15, 0.2) is 5.17 Å². The fourth-order valence-corrected chi connectivity index (χ4v) is 2.53. The van der Waals surface area contributed by atoms with E-state index in [0.29, 0.717) is 5.17 Å². The van der Waals surface area contributed by atoms with Crippen molar-refractivity contribution in [3.05, 3.63) is 28.8 Å². The Hall–Kier alpha value is -0.880. The molecule has 0 spiro atoms. The van der Waals surface area contributed by atoms with Gasteiger partial charge in [-0.25, -0.2) is 0 Å². The highest BCUT2D eigenvalue weighted by Crippen LogP contribution is 2.34. The minimum atomic E-state index is -4.38. The number of hydrogen-bond donors (Lipinski definition) is 1. The summed E-state index contributed by atoms with van der Waals surface area (Å²) in [7, 11) is 0. The van der Waals surface area contributed by atoms with Gasteiger partial charge in [-0.05, 0) is 25.1 Å². The molecule has 0 aliphatic carbocycles. The summed E-state index contributed by atoms with van der Waals surface area (Å²) in [5, 5.41) is 3.68. The lowest BCUT2D eigenvalue weighted by molar-refractivity contribution is -0.137. The van der Waals surface area contributed by atoms with Crippen LogP contribution in [0.15, 0.2) is 23.2 Å². The number of hydrogen-bond acceptors (Lipinski definition) is 3. The van der Waals surface area contributed by atoms with E-state index in [1.807, 2.05) is 6.92 Å². The second-order valence-corrected chi connectivity index (χ2v) is 5.33. The molecule has 2 rings (SSSR count). The van der Waals surface area contributed by atoms with E-state index in [0.717, 1.165) is 17.9 Å². The Labute approximate surface area is 112 Å². The number of alkyl halides is 3. The van der Waals surface area contributed by atoms with Crippen LogP contribution in [0.25, 0.3) is 0 Å². The first-order valence-corrected chi connectivity index (χ1v) is 6.57. The highest BCUT2D eigenvalue weighted by Gasteiger charge is 2.31. The summed E-state index contributed by atoms with van der Waals surface area (Å²) in [5.41, 5.74) is -0.502. The number of halogens is 4. The third-order valence-corrected chi connectivity index (χ3v) is 3.79. The maximum atomic E-state index is 12.6. The van der Waals surface area contributed by atoms with E-state index in [9.17, 15) is 13.2 Å². The molecule has 0 amide bonds. The first kappa shape index (κ1) is 13.5. The lowest BCUT2D eigenvalue weighted by atomic mass is 10.2. The van der Waals surface area contributed by atoms with E-state index in [1.54, 1.807) is 0 Å². The highest BCUT2D eigenvalue weighted by molar-refractivity contribution is 8.14. The van der Waals surface area contributed by atoms with E-state index in [-0.39, 0.29) is 16.8 Å². The predicted octanol–water partition coefficient (Wildman–Crippen LogP) is 4.26. The van der Waals surface area contributed by atoms with E-state index >= 15 is 0 Å². The molecule has 0 aromatic heterocycles. The second-order valence-electron chi connectivity index (χ2n) is 3.91. The van der Waals surface area contributed by atoms with Gasteiger partial charge in [-0.3, -0.25) is 4.99 Å². The largest absolute Gasteiger partial charge is 0.416 e. The zero-order valence-electron chi connectivity index (χ0n) is 9.38. The van der Waals surface area contributed by atoms with Gasteiger partial charge in [-0.2, -0.15) is 13.2 Å². The summed E-state index contributed by atoms with van der Waals surface area (Å²) in [6, 6.07) is 3.35. The van der Waals surface area contributed by atoms with Gasteiger partial charge in [0.05, 0.1) is 22.3 Å². The smallest absolute Gasteiger partial charge is 0.334 e. The summed E-state index contributed by atoms with van der Waals surface area (Å²) in [5.74, 6) is 0.818. The van der Waals surface area contributed by atoms with Crippen LogP contribution in [0.1, 0.15) is 12.5 Å². The number of amidine groups is 1. The van der Waals surface area contributed by atoms with Crippen molar-refractivity contribution >= 4 is 34.2 Å². The Kier molecular flexibility index (Phi) is 3.77. The quantitative estimate of drug-likeness (QED) is 0.837. The molecule has 1 atom stereocenters. The van der Waals surface area contributed by atoms with Crippen LogP contribution in [0, 0.1) is 0 Å². The Morgan fingerprint density at radius 2 is 2.17 bits per heavy atom. The van der Waals surface area contributed by atoms with Crippen molar-refractivity contribution < 1.29 is 13.2 Å². The summed E-state index contributed by atoms with van der Waals surface area (Å²) in [6.45, 7) is 1.94. The van der Waals surface area contributed by atoms with Crippen LogP contribution >= 0.6 is 23.4 Å². The number of nitrogens with one attached hydrogen (secondary N) is 1. The van der Waals surface area contributed by atoms with Gasteiger partial charge in [-0.15, -0.1) is 0 Å². The zero-order chi connectivity index (χ0) is 13.3. The molecule has 0 bridgehead atoms. The molecule has 7 heteroatoms. The molecule has 0 saturated heterocycles. The van der Waals surface area contributed by atoms with Gasteiger partial charge in [0, 0.05) is 5.75 Å². The summed E-state index contributed by atoms with van der Waals surface area (Å²) >= 11 is 7.33. The Bertz CT molecular complexity index is 488. The standard InChI is InChI=1S/C11H10ClF3N2S/c1-6-5-18-10(16-6)17-9-4-7(11(13,14)15)2-3-8(9)12/h2-4,6H,5H2,1H3,(H,16,17). The Morgan fingerprint density at radius 1 is 1.44 bits per heavy atom. The topological polar surface area (TPSA) is 24.4 Å². The fraction of sp³-hybridized carbons (Fsp3) is 0.364. The molecule has 1 heterocycles. The summed E-state index contributed by atoms with van der Waals surface area (Å²) in [4.78, 5) is 4.25. The van der Waals surface area contributed by atoms with Crippen LogP contribution in [0.5, 0.6) is 0 Å². The van der Waals surface area contributed by atoms with Crippen molar-refractivity contribution in [1.82, 2.24) is 0 Å². The highest BCUT2D eigenvalue weighted by atomic mass is 35.5. The van der Waals surface area contributed by atoms with Gasteiger partial charge in [-0.1, -0.05) is 23.4 Å². The molecule has 1 N–H and O–H groups in total. The first-order valence-electron chi connectivity index (χ1n) is 5.20. The van der Waals surface area contributed by atoms with Crippen LogP contribution in [0.2, 0.25) is 5.02 Å². The zero-order valence-corrected chi connectivity index (χ0v) is 11.0.